The number of hydrogen-bond acceptors (Lipinski definition) is 5. The minimum atomic E-state index is -4.42. The van der Waals surface area contributed by atoms with Gasteiger partial charge in [-0.15, -0.1) is 0 Å². The molecule has 4 rings (SSSR count). The van der Waals surface area contributed by atoms with Crippen molar-refractivity contribution < 1.29 is 32.2 Å². The van der Waals surface area contributed by atoms with Crippen molar-refractivity contribution in [1.29, 1.82) is 0 Å². The van der Waals surface area contributed by atoms with Gasteiger partial charge >= 0.3 is 6.18 Å². The van der Waals surface area contributed by atoms with Crippen molar-refractivity contribution in [1.82, 2.24) is 10.2 Å². The van der Waals surface area contributed by atoms with E-state index in [4.69, 9.17) is 9.47 Å². The van der Waals surface area contributed by atoms with E-state index in [-0.39, 0.29) is 23.8 Å². The molecule has 0 saturated carbocycles. The number of piperidine rings is 1. The van der Waals surface area contributed by atoms with Crippen LogP contribution >= 0.6 is 0 Å². The van der Waals surface area contributed by atoms with E-state index >= 15 is 0 Å². The largest absolute Gasteiger partial charge is 0.492 e. The molecule has 1 aliphatic rings. The number of likely N-dealkylation sites (tertiary alicyclic amines) is 1. The number of carbonyl (C=O) groups is 2. The maximum absolute atomic E-state index is 13.6. The number of unbranched alkanes of at least 4 members (excludes halogenated alkanes) is 1. The van der Waals surface area contributed by atoms with Crippen LogP contribution in [0.3, 0.4) is 0 Å². The molecule has 0 aromatic heterocycles. The normalized spacial score (nSPS) is 14.7. The second kappa shape index (κ2) is 17.4. The Morgan fingerprint density at radius 3 is 2.10 bits per heavy atom. The van der Waals surface area contributed by atoms with Crippen molar-refractivity contribution in [3.63, 3.8) is 0 Å². The van der Waals surface area contributed by atoms with E-state index in [1.807, 2.05) is 50.8 Å². The first-order valence-corrected chi connectivity index (χ1v) is 17.1. The fourth-order valence-electron chi connectivity index (χ4n) is 6.03. The Kier molecular flexibility index (Phi) is 13.3. The zero-order valence-electron chi connectivity index (χ0n) is 28.4. The molecule has 10 heteroatoms. The summed E-state index contributed by atoms with van der Waals surface area (Å²) in [5, 5.41) is 3.15. The SMILES string of the molecule is CCOc1cccc(OCC)c1N(CCCCN1CCC(NC(=O)c2ccccc2-c2ccc(C(F)(F)F)cc2)CC1)C(=O)C(C)CC. The van der Waals surface area contributed by atoms with Gasteiger partial charge in [0.05, 0.1) is 18.8 Å². The highest BCUT2D eigenvalue weighted by atomic mass is 19.4. The fourth-order valence-corrected chi connectivity index (χ4v) is 6.03. The molecule has 7 nitrogen and oxygen atoms in total. The van der Waals surface area contributed by atoms with E-state index in [0.29, 0.717) is 53.6 Å². The molecule has 1 saturated heterocycles. The average Bonchev–Trinajstić information content (AvgIpc) is 3.09. The van der Waals surface area contributed by atoms with Crippen molar-refractivity contribution in [2.24, 2.45) is 5.92 Å². The Morgan fingerprint density at radius 1 is 0.896 bits per heavy atom. The van der Waals surface area contributed by atoms with Crippen molar-refractivity contribution in [2.45, 2.75) is 72.0 Å². The van der Waals surface area contributed by atoms with E-state index in [9.17, 15) is 22.8 Å². The second-order valence-corrected chi connectivity index (χ2v) is 12.2. The molecule has 3 aromatic rings. The van der Waals surface area contributed by atoms with Crippen LogP contribution in [0.5, 0.6) is 11.5 Å². The Morgan fingerprint density at radius 2 is 1.52 bits per heavy atom. The third-order valence-corrected chi connectivity index (χ3v) is 8.86. The molecule has 0 radical (unpaired) electrons. The number of alkyl halides is 3. The molecule has 48 heavy (non-hydrogen) atoms. The third kappa shape index (κ3) is 9.52. The molecule has 0 aliphatic carbocycles. The Balaban J connectivity index is 1.32. The highest BCUT2D eigenvalue weighted by Gasteiger charge is 2.30. The quantitative estimate of drug-likeness (QED) is 0.166. The van der Waals surface area contributed by atoms with E-state index < -0.39 is 11.7 Å². The number of rotatable bonds is 15. The molecule has 260 valence electrons. The van der Waals surface area contributed by atoms with Crippen LogP contribution in [-0.2, 0) is 11.0 Å². The zero-order chi connectivity index (χ0) is 34.7. The van der Waals surface area contributed by atoms with Gasteiger partial charge in [-0.1, -0.05) is 50.2 Å². The number of nitrogens with zero attached hydrogens (tertiary/aromatic N) is 2. The first-order valence-electron chi connectivity index (χ1n) is 17.1. The molecule has 0 spiro atoms. The smallest absolute Gasteiger partial charge is 0.416 e. The number of amides is 2. The van der Waals surface area contributed by atoms with Crippen LogP contribution in [0.4, 0.5) is 18.9 Å². The summed E-state index contributed by atoms with van der Waals surface area (Å²) < 4.78 is 51.0. The van der Waals surface area contributed by atoms with Crippen molar-refractivity contribution in [3.05, 3.63) is 77.9 Å². The van der Waals surface area contributed by atoms with Crippen LogP contribution in [0, 0.1) is 5.92 Å². The topological polar surface area (TPSA) is 71.1 Å². The van der Waals surface area contributed by atoms with Crippen LogP contribution < -0.4 is 19.7 Å². The van der Waals surface area contributed by atoms with E-state index in [1.54, 1.807) is 24.3 Å². The lowest BCUT2D eigenvalue weighted by molar-refractivity contribution is -0.137. The van der Waals surface area contributed by atoms with Gasteiger partial charge in [0, 0.05) is 37.2 Å². The number of para-hydroxylation sites is 1. The summed E-state index contributed by atoms with van der Waals surface area (Å²) in [6.45, 7) is 11.9. The fraction of sp³-hybridized carbons (Fsp3) is 0.474. The summed E-state index contributed by atoms with van der Waals surface area (Å²) >= 11 is 0. The molecule has 3 aromatic carbocycles. The summed E-state index contributed by atoms with van der Waals surface area (Å²) in [5.74, 6) is 0.985. The van der Waals surface area contributed by atoms with Crippen LogP contribution in [-0.4, -0.2) is 62.1 Å². The summed E-state index contributed by atoms with van der Waals surface area (Å²) in [6, 6.07) is 17.5. The summed E-state index contributed by atoms with van der Waals surface area (Å²) in [7, 11) is 0. The van der Waals surface area contributed by atoms with E-state index in [0.717, 1.165) is 63.9 Å². The number of hydrogen-bond donors (Lipinski definition) is 1. The number of nitrogens with one attached hydrogen (secondary N) is 1. The predicted molar refractivity (Wildman–Crippen MR) is 184 cm³/mol. The van der Waals surface area contributed by atoms with Gasteiger partial charge in [-0.05, 0) is 94.0 Å². The highest BCUT2D eigenvalue weighted by Crippen LogP contribution is 2.39. The van der Waals surface area contributed by atoms with Gasteiger partial charge in [-0.25, -0.2) is 0 Å². The third-order valence-electron chi connectivity index (χ3n) is 8.86. The minimum absolute atomic E-state index is 0.00473. The first kappa shape index (κ1) is 36.8. The van der Waals surface area contributed by atoms with Gasteiger partial charge in [0.1, 0.15) is 17.2 Å². The average molecular weight is 668 g/mol. The summed E-state index contributed by atoms with van der Waals surface area (Å²) in [5.41, 5.74) is 1.57. The maximum atomic E-state index is 13.6. The standard InChI is InChI=1S/C38H48F3N3O4/c1-5-27(4)37(46)44(35-33(47-6-2)15-12-16-34(35)48-7-3)24-11-10-23-43-25-21-30(22-26-43)42-36(45)32-14-9-8-13-31(32)28-17-19-29(20-18-28)38(39,40)41/h8-9,12-20,27,30H,5-7,10-11,21-26H2,1-4H3,(H,42,45). The van der Waals surface area contributed by atoms with Gasteiger partial charge in [-0.2, -0.15) is 13.2 Å². The summed E-state index contributed by atoms with van der Waals surface area (Å²) in [6.07, 6.45) is -0.365. The van der Waals surface area contributed by atoms with Crippen LogP contribution in [0.25, 0.3) is 11.1 Å². The molecular weight excluding hydrogens is 619 g/mol. The van der Waals surface area contributed by atoms with E-state index in [1.165, 1.54) is 12.1 Å². The lowest BCUT2D eigenvalue weighted by Crippen LogP contribution is -2.45. The van der Waals surface area contributed by atoms with Crippen molar-refractivity contribution in [3.8, 4) is 22.6 Å². The Bertz CT molecular complexity index is 1460. The first-order chi connectivity index (χ1) is 23.1. The van der Waals surface area contributed by atoms with Crippen LogP contribution in [0.2, 0.25) is 0 Å². The molecule has 2 amide bonds. The number of ether oxygens (including phenoxy) is 2. The lowest BCUT2D eigenvalue weighted by atomic mass is 9.97. The Hall–Kier alpha value is -4.05. The van der Waals surface area contributed by atoms with Gasteiger partial charge in [0.25, 0.3) is 5.91 Å². The van der Waals surface area contributed by atoms with E-state index in [2.05, 4.69) is 10.2 Å². The molecule has 1 unspecified atom stereocenters. The molecular formula is C38H48F3N3O4. The number of halogens is 3. The predicted octanol–water partition coefficient (Wildman–Crippen LogP) is 8.22. The number of carbonyl (C=O) groups excluding carboxylic acids is 2. The molecule has 1 aliphatic heterocycles. The van der Waals surface area contributed by atoms with Gasteiger partial charge < -0.3 is 24.6 Å². The number of anilines is 1. The molecule has 1 heterocycles. The highest BCUT2D eigenvalue weighted by molar-refractivity contribution is 6.01. The molecule has 1 fully saturated rings. The second-order valence-electron chi connectivity index (χ2n) is 12.2. The lowest BCUT2D eigenvalue weighted by Gasteiger charge is -2.33. The Labute approximate surface area is 282 Å². The minimum Gasteiger partial charge on any atom is -0.492 e. The molecule has 1 N–H and O–H groups in total. The maximum Gasteiger partial charge on any atom is 0.416 e. The van der Waals surface area contributed by atoms with Gasteiger partial charge in [-0.3, -0.25) is 9.59 Å². The molecule has 1 atom stereocenters. The van der Waals surface area contributed by atoms with Crippen molar-refractivity contribution >= 4 is 17.5 Å². The summed E-state index contributed by atoms with van der Waals surface area (Å²) in [4.78, 5) is 31.1. The van der Waals surface area contributed by atoms with Gasteiger partial charge in [0.15, 0.2) is 0 Å². The molecule has 0 bridgehead atoms. The van der Waals surface area contributed by atoms with Crippen molar-refractivity contribution in [2.75, 3.05) is 44.3 Å². The van der Waals surface area contributed by atoms with Crippen LogP contribution in [0.15, 0.2) is 66.7 Å². The zero-order valence-corrected chi connectivity index (χ0v) is 28.4. The number of benzene rings is 3. The van der Waals surface area contributed by atoms with Crippen LogP contribution in [0.1, 0.15) is 75.7 Å². The monoisotopic (exact) mass is 667 g/mol. The van der Waals surface area contributed by atoms with Gasteiger partial charge in [0.2, 0.25) is 5.91 Å².